The number of benzene rings is 1. The summed E-state index contributed by atoms with van der Waals surface area (Å²) >= 11 is 0. The number of piperazine rings is 1. The van der Waals surface area contributed by atoms with Gasteiger partial charge in [-0.15, -0.1) is 0 Å². The van der Waals surface area contributed by atoms with Crippen LogP contribution in [-0.4, -0.2) is 73.1 Å². The van der Waals surface area contributed by atoms with E-state index in [1.807, 2.05) is 6.92 Å². The molecule has 27 heavy (non-hydrogen) atoms. The van der Waals surface area contributed by atoms with E-state index in [2.05, 4.69) is 10.2 Å². The van der Waals surface area contributed by atoms with Crippen LogP contribution in [0.15, 0.2) is 29.2 Å². The first kappa shape index (κ1) is 17.8. The van der Waals surface area contributed by atoms with Crippen LogP contribution in [-0.2, 0) is 10.0 Å². The summed E-state index contributed by atoms with van der Waals surface area (Å²) in [4.78, 5) is 14.2. The predicted octanol–water partition coefficient (Wildman–Crippen LogP) is 0.636. The van der Waals surface area contributed by atoms with E-state index in [1.165, 1.54) is 16.4 Å². The lowest BCUT2D eigenvalue weighted by molar-refractivity contribution is 0.0692. The Labute approximate surface area is 156 Å². The minimum atomic E-state index is -3.67. The molecule has 0 atom stereocenters. The van der Waals surface area contributed by atoms with Crippen molar-refractivity contribution < 1.29 is 22.7 Å². The van der Waals surface area contributed by atoms with E-state index in [-0.39, 0.29) is 23.9 Å². The van der Waals surface area contributed by atoms with Crippen LogP contribution in [0.5, 0.6) is 11.5 Å². The Morgan fingerprint density at radius 2 is 1.78 bits per heavy atom. The van der Waals surface area contributed by atoms with Crippen LogP contribution < -0.4 is 9.47 Å². The van der Waals surface area contributed by atoms with Crippen LogP contribution in [0.4, 0.5) is 0 Å². The van der Waals surface area contributed by atoms with Crippen LogP contribution >= 0.6 is 0 Å². The van der Waals surface area contributed by atoms with Crippen LogP contribution in [0, 0.1) is 6.92 Å². The number of amides is 1. The first-order valence-corrected chi connectivity index (χ1v) is 10.1. The average molecular weight is 392 g/mol. The number of sulfonamides is 1. The molecule has 1 fully saturated rings. The Morgan fingerprint density at radius 3 is 2.44 bits per heavy atom. The predicted molar refractivity (Wildman–Crippen MR) is 95.4 cm³/mol. The molecule has 0 spiro atoms. The highest BCUT2D eigenvalue weighted by molar-refractivity contribution is 7.89. The van der Waals surface area contributed by atoms with E-state index >= 15 is 0 Å². The third kappa shape index (κ3) is 3.37. The number of nitrogens with one attached hydrogen (secondary N) is 1. The topological polar surface area (TPSA) is 105 Å². The molecule has 0 unspecified atom stereocenters. The maximum Gasteiger partial charge on any atom is 0.274 e. The van der Waals surface area contributed by atoms with Gasteiger partial charge in [0.25, 0.3) is 5.91 Å². The zero-order chi connectivity index (χ0) is 19.0. The molecule has 9 nitrogen and oxygen atoms in total. The molecular formula is C17H20N4O5S. The summed E-state index contributed by atoms with van der Waals surface area (Å²) in [6.45, 7) is 3.75. The van der Waals surface area contributed by atoms with E-state index in [0.717, 1.165) is 5.69 Å². The molecule has 2 aromatic rings. The number of hydrogen-bond donors (Lipinski definition) is 1. The second-order valence-electron chi connectivity index (χ2n) is 6.44. The summed E-state index contributed by atoms with van der Waals surface area (Å²) in [5, 5.41) is 6.72. The number of aromatic amines is 1. The van der Waals surface area contributed by atoms with E-state index in [9.17, 15) is 13.2 Å². The minimum absolute atomic E-state index is 0.162. The van der Waals surface area contributed by atoms with Crippen LogP contribution in [0.1, 0.15) is 16.2 Å². The largest absolute Gasteiger partial charge is 0.486 e. The van der Waals surface area contributed by atoms with Gasteiger partial charge < -0.3 is 14.4 Å². The molecule has 1 saturated heterocycles. The van der Waals surface area contributed by atoms with Crippen LogP contribution in [0.3, 0.4) is 0 Å². The van der Waals surface area contributed by atoms with Crippen molar-refractivity contribution in [3.63, 3.8) is 0 Å². The Balaban J connectivity index is 1.46. The molecular weight excluding hydrogens is 372 g/mol. The number of fused-ring (bicyclic) bond motifs is 1. The maximum atomic E-state index is 12.9. The van der Waals surface area contributed by atoms with Gasteiger partial charge in [0.1, 0.15) is 18.9 Å². The number of rotatable bonds is 3. The fourth-order valence-electron chi connectivity index (χ4n) is 3.15. The number of hydrogen-bond acceptors (Lipinski definition) is 6. The molecule has 0 bridgehead atoms. The molecule has 1 aromatic heterocycles. The number of carbonyl (C=O) groups excluding carboxylic acids is 1. The first-order valence-electron chi connectivity index (χ1n) is 8.66. The summed E-state index contributed by atoms with van der Waals surface area (Å²) in [5.41, 5.74) is 1.15. The van der Waals surface area contributed by atoms with Gasteiger partial charge in [-0.05, 0) is 25.1 Å². The Morgan fingerprint density at radius 1 is 1.07 bits per heavy atom. The molecule has 1 amide bonds. The summed E-state index contributed by atoms with van der Waals surface area (Å²) in [6, 6.07) is 6.31. The number of H-pyrrole nitrogens is 1. The van der Waals surface area contributed by atoms with Crippen molar-refractivity contribution in [1.82, 2.24) is 19.4 Å². The molecule has 1 aromatic carbocycles. The average Bonchev–Trinajstić information content (AvgIpc) is 3.13. The highest BCUT2D eigenvalue weighted by Gasteiger charge is 2.31. The maximum absolute atomic E-state index is 12.9. The molecule has 10 heteroatoms. The summed E-state index contributed by atoms with van der Waals surface area (Å²) in [6.07, 6.45) is 0. The smallest absolute Gasteiger partial charge is 0.274 e. The van der Waals surface area contributed by atoms with Crippen LogP contribution in [0.25, 0.3) is 0 Å². The van der Waals surface area contributed by atoms with Gasteiger partial charge >= 0.3 is 0 Å². The van der Waals surface area contributed by atoms with Gasteiger partial charge in [-0.1, -0.05) is 0 Å². The molecule has 2 aliphatic heterocycles. The number of carbonyl (C=O) groups is 1. The molecule has 0 aliphatic carbocycles. The highest BCUT2D eigenvalue weighted by Crippen LogP contribution is 2.33. The van der Waals surface area contributed by atoms with Gasteiger partial charge in [-0.3, -0.25) is 9.89 Å². The fraction of sp³-hybridized carbons (Fsp3) is 0.412. The highest BCUT2D eigenvalue weighted by atomic mass is 32.2. The number of aryl methyl sites for hydroxylation is 1. The van der Waals surface area contributed by atoms with Crippen LogP contribution in [0.2, 0.25) is 0 Å². The molecule has 3 heterocycles. The Hall–Kier alpha value is -2.59. The third-order valence-electron chi connectivity index (χ3n) is 4.60. The molecule has 0 saturated carbocycles. The molecule has 2 aliphatic rings. The summed E-state index contributed by atoms with van der Waals surface area (Å²) < 4.78 is 38.2. The van der Waals surface area contributed by atoms with Gasteiger partial charge in [0.05, 0.1) is 4.90 Å². The SMILES string of the molecule is Cc1cc(C(=O)N2CCN(S(=O)(=O)c3ccc4c(c3)OCCO4)CC2)n[nH]1. The summed E-state index contributed by atoms with van der Waals surface area (Å²) in [7, 11) is -3.67. The monoisotopic (exact) mass is 392 g/mol. The lowest BCUT2D eigenvalue weighted by Gasteiger charge is -2.33. The van der Waals surface area contributed by atoms with Gasteiger partial charge in [-0.2, -0.15) is 9.40 Å². The van der Waals surface area contributed by atoms with E-state index in [4.69, 9.17) is 9.47 Å². The lowest BCUT2D eigenvalue weighted by atomic mass is 10.3. The fourth-order valence-corrected chi connectivity index (χ4v) is 4.59. The van der Waals surface area contributed by atoms with Crippen molar-refractivity contribution >= 4 is 15.9 Å². The number of ether oxygens (including phenoxy) is 2. The third-order valence-corrected chi connectivity index (χ3v) is 6.50. The zero-order valence-corrected chi connectivity index (χ0v) is 15.7. The number of aromatic nitrogens is 2. The quantitative estimate of drug-likeness (QED) is 0.822. The van der Waals surface area contributed by atoms with Gasteiger partial charge in [0.2, 0.25) is 10.0 Å². The normalized spacial score (nSPS) is 17.7. The second kappa shape index (κ2) is 6.86. The Bertz CT molecular complexity index is 963. The van der Waals surface area contributed by atoms with Crippen molar-refractivity contribution in [2.75, 3.05) is 39.4 Å². The van der Waals surface area contributed by atoms with Gasteiger partial charge in [-0.25, -0.2) is 8.42 Å². The van der Waals surface area contributed by atoms with Crippen molar-refractivity contribution in [1.29, 1.82) is 0 Å². The van der Waals surface area contributed by atoms with Gasteiger partial charge in [0, 0.05) is 37.9 Å². The van der Waals surface area contributed by atoms with Crippen molar-refractivity contribution in [2.45, 2.75) is 11.8 Å². The van der Waals surface area contributed by atoms with E-state index < -0.39 is 10.0 Å². The second-order valence-corrected chi connectivity index (χ2v) is 8.38. The summed E-state index contributed by atoms with van der Waals surface area (Å²) in [5.74, 6) is 0.783. The van der Waals surface area contributed by atoms with E-state index in [1.54, 1.807) is 17.0 Å². The van der Waals surface area contributed by atoms with E-state index in [0.29, 0.717) is 43.5 Å². The van der Waals surface area contributed by atoms with Crippen molar-refractivity contribution in [2.24, 2.45) is 0 Å². The zero-order valence-electron chi connectivity index (χ0n) is 14.8. The lowest BCUT2D eigenvalue weighted by Crippen LogP contribution is -2.50. The molecule has 1 N–H and O–H groups in total. The standard InChI is InChI=1S/C17H20N4O5S/c1-12-10-14(19-18-12)17(22)20-4-6-21(7-5-20)27(23,24)13-2-3-15-16(11-13)26-9-8-25-15/h2-3,10-11H,4-9H2,1H3,(H,18,19). The van der Waals surface area contributed by atoms with Crippen molar-refractivity contribution in [3.05, 3.63) is 35.7 Å². The number of nitrogens with zero attached hydrogens (tertiary/aromatic N) is 3. The Kier molecular flexibility index (Phi) is 4.52. The molecule has 144 valence electrons. The molecule has 0 radical (unpaired) electrons. The molecule has 4 rings (SSSR count). The minimum Gasteiger partial charge on any atom is -0.486 e. The van der Waals surface area contributed by atoms with Gasteiger partial charge in [0.15, 0.2) is 11.5 Å². The van der Waals surface area contributed by atoms with Crippen molar-refractivity contribution in [3.8, 4) is 11.5 Å². The first-order chi connectivity index (χ1) is 12.9.